The first-order chi connectivity index (χ1) is 29.8. The second-order valence-corrected chi connectivity index (χ2v) is 13.7. The van der Waals surface area contributed by atoms with Gasteiger partial charge in [0.15, 0.2) is 17.5 Å². The molecule has 0 atom stereocenters. The monoisotopic (exact) mass is 721 g/mol. The number of nitrogens with zero attached hydrogens (tertiary/aromatic N) is 4. The predicted molar refractivity (Wildman–Crippen MR) is 229 cm³/mol. The minimum atomic E-state index is -0.425. The minimum absolute atomic E-state index is 0.139. The first-order valence-corrected chi connectivity index (χ1v) is 18.4. The maximum absolute atomic E-state index is 8.45. The summed E-state index contributed by atoms with van der Waals surface area (Å²) in [4.78, 5) is 14.8. The van der Waals surface area contributed by atoms with Crippen LogP contribution in [-0.4, -0.2) is 19.5 Å². The van der Waals surface area contributed by atoms with Crippen LogP contribution in [0.25, 0.3) is 106 Å². The minimum Gasteiger partial charge on any atom is -0.456 e. The Labute approximate surface area is 329 Å². The summed E-state index contributed by atoms with van der Waals surface area (Å²) < 4.78 is 49.9. The molecule has 11 aromatic rings. The zero-order valence-electron chi connectivity index (χ0n) is 34.8. The lowest BCUT2D eigenvalue weighted by atomic mass is 10.0. The molecule has 3 heterocycles. The van der Waals surface area contributed by atoms with E-state index in [0.717, 1.165) is 60.9 Å². The lowest BCUT2D eigenvalue weighted by Gasteiger charge is -2.09. The number of aromatic nitrogens is 4. The third-order valence-corrected chi connectivity index (χ3v) is 10.3. The van der Waals surface area contributed by atoms with Gasteiger partial charge >= 0.3 is 0 Å². The Morgan fingerprint density at radius 2 is 0.946 bits per heavy atom. The van der Waals surface area contributed by atoms with Crippen LogP contribution in [0.15, 0.2) is 198 Å². The van der Waals surface area contributed by atoms with E-state index in [-0.39, 0.29) is 29.7 Å². The lowest BCUT2D eigenvalue weighted by molar-refractivity contribution is 0.669. The topological polar surface area (TPSA) is 56.7 Å². The van der Waals surface area contributed by atoms with Crippen LogP contribution in [-0.2, 0) is 0 Å². The summed E-state index contributed by atoms with van der Waals surface area (Å²) in [6.45, 7) is 0. The van der Waals surface area contributed by atoms with Gasteiger partial charge in [0.05, 0.1) is 17.9 Å². The normalized spacial score (nSPS) is 12.8. The molecule has 0 spiro atoms. The third-order valence-electron chi connectivity index (χ3n) is 10.3. The van der Waals surface area contributed by atoms with Crippen molar-refractivity contribution in [1.29, 1.82) is 0 Å². The molecule has 3 aromatic heterocycles. The van der Waals surface area contributed by atoms with Crippen molar-refractivity contribution in [2.75, 3.05) is 0 Å². The number of rotatable bonds is 6. The summed E-state index contributed by atoms with van der Waals surface area (Å²) in [7, 11) is 0. The van der Waals surface area contributed by atoms with E-state index < -0.39 is 6.04 Å². The van der Waals surface area contributed by atoms with Crippen molar-refractivity contribution in [3.05, 3.63) is 194 Å². The number of furan rings is 1. The molecule has 5 nitrogen and oxygen atoms in total. The molecule has 0 aliphatic heterocycles. The average molecular weight is 722 g/mol. The van der Waals surface area contributed by atoms with Gasteiger partial charge in [0.2, 0.25) is 0 Å². The van der Waals surface area contributed by atoms with Crippen LogP contribution in [0, 0.1) is 0 Å². The van der Waals surface area contributed by atoms with Gasteiger partial charge in [-0.1, -0.05) is 133 Å². The van der Waals surface area contributed by atoms with Gasteiger partial charge in [-0.25, -0.2) is 15.0 Å². The van der Waals surface area contributed by atoms with E-state index in [1.54, 1.807) is 24.3 Å². The molecule has 56 heavy (non-hydrogen) atoms. The zero-order valence-corrected chi connectivity index (χ0v) is 29.8. The summed E-state index contributed by atoms with van der Waals surface area (Å²) in [5.41, 5.74) is 10.0. The van der Waals surface area contributed by atoms with E-state index in [4.69, 9.17) is 26.2 Å². The first kappa shape index (κ1) is 27.0. The summed E-state index contributed by atoms with van der Waals surface area (Å²) in [5, 5.41) is 4.29. The van der Waals surface area contributed by atoms with Gasteiger partial charge in [0.1, 0.15) is 11.2 Å². The molecular formula is C51H32N4O. The molecule has 0 aliphatic rings. The summed E-state index contributed by atoms with van der Waals surface area (Å²) >= 11 is 0. The molecule has 0 saturated heterocycles. The highest BCUT2D eigenvalue weighted by Gasteiger charge is 2.17. The average Bonchev–Trinajstić information content (AvgIpc) is 3.85. The van der Waals surface area contributed by atoms with Crippen LogP contribution < -0.4 is 0 Å². The Balaban J connectivity index is 0.982. The molecule has 0 bridgehead atoms. The molecule has 0 saturated carbocycles. The second kappa shape index (κ2) is 13.0. The summed E-state index contributed by atoms with van der Waals surface area (Å²) in [6, 6.07) is 53.1. The van der Waals surface area contributed by atoms with Crippen molar-refractivity contribution in [3.8, 4) is 62.1 Å². The smallest absolute Gasteiger partial charge is 0.164 e. The molecule has 0 amide bonds. The summed E-state index contributed by atoms with van der Waals surface area (Å²) in [6.07, 6.45) is 0. The predicted octanol–water partition coefficient (Wildman–Crippen LogP) is 13.2. The Morgan fingerprint density at radius 1 is 0.375 bits per heavy atom. The summed E-state index contributed by atoms with van der Waals surface area (Å²) in [5.74, 6) is 1.41. The molecule has 0 radical (unpaired) electrons. The Morgan fingerprint density at radius 3 is 1.73 bits per heavy atom. The largest absolute Gasteiger partial charge is 0.456 e. The number of hydrogen-bond donors (Lipinski definition) is 0. The molecule has 0 N–H and O–H groups in total. The molecular weight excluding hydrogens is 685 g/mol. The van der Waals surface area contributed by atoms with Crippen LogP contribution >= 0.6 is 0 Å². The molecule has 0 aliphatic carbocycles. The van der Waals surface area contributed by atoms with Gasteiger partial charge in [-0.2, -0.15) is 0 Å². The standard InChI is InChI=1S/C51H32N4O/c1-4-12-33(13-5-1)34-20-22-36(23-21-34)50-52-49(35-14-6-2-7-15-35)53-51(54-50)39-26-29-47-44(31-39)42-27-24-38(32-48(42)56-47)37-25-28-46-43(30-37)41-18-10-11-19-45(41)55(46)40-16-8-3-9-17-40/h1-32H/i1D,4D,5D,12D,13D. The van der Waals surface area contributed by atoms with Gasteiger partial charge in [0, 0.05) is 43.9 Å². The number of fused-ring (bicyclic) bond motifs is 6. The molecule has 8 aromatic carbocycles. The van der Waals surface area contributed by atoms with E-state index in [1.165, 1.54) is 10.8 Å². The SMILES string of the molecule is [2H]c1c([2H])c([2H])c(-c2ccc(-c3nc(-c4ccccc4)nc(-c4ccc5oc6cc(-c7ccc8c(c7)c7ccccc7n8-c7ccccc7)ccc6c5c4)n3)cc2)c([2H])c1[2H]. The number of hydrogen-bond acceptors (Lipinski definition) is 4. The van der Waals surface area contributed by atoms with Gasteiger partial charge in [-0.15, -0.1) is 0 Å². The van der Waals surface area contributed by atoms with Gasteiger partial charge in [0.25, 0.3) is 0 Å². The van der Waals surface area contributed by atoms with Crippen molar-refractivity contribution < 1.29 is 11.3 Å². The maximum atomic E-state index is 8.45. The first-order valence-electron chi connectivity index (χ1n) is 20.9. The van der Waals surface area contributed by atoms with Crippen molar-refractivity contribution in [2.24, 2.45) is 0 Å². The number of para-hydroxylation sites is 2. The highest BCUT2D eigenvalue weighted by Crippen LogP contribution is 2.38. The van der Waals surface area contributed by atoms with Crippen LogP contribution in [0.2, 0.25) is 0 Å². The fourth-order valence-electron chi connectivity index (χ4n) is 7.63. The highest BCUT2D eigenvalue weighted by molar-refractivity contribution is 6.11. The number of benzene rings is 8. The van der Waals surface area contributed by atoms with Crippen molar-refractivity contribution in [1.82, 2.24) is 19.5 Å². The van der Waals surface area contributed by atoms with E-state index in [0.29, 0.717) is 28.6 Å². The molecule has 262 valence electrons. The van der Waals surface area contributed by atoms with Crippen molar-refractivity contribution in [3.63, 3.8) is 0 Å². The van der Waals surface area contributed by atoms with Crippen LogP contribution in [0.3, 0.4) is 0 Å². The molecule has 0 fully saturated rings. The maximum Gasteiger partial charge on any atom is 0.164 e. The fraction of sp³-hybridized carbons (Fsp3) is 0. The quantitative estimate of drug-likeness (QED) is 0.172. The van der Waals surface area contributed by atoms with Crippen molar-refractivity contribution >= 4 is 43.7 Å². The van der Waals surface area contributed by atoms with Gasteiger partial charge < -0.3 is 8.98 Å². The van der Waals surface area contributed by atoms with E-state index in [2.05, 4.69) is 95.6 Å². The van der Waals surface area contributed by atoms with E-state index >= 15 is 0 Å². The van der Waals surface area contributed by atoms with Crippen molar-refractivity contribution in [2.45, 2.75) is 0 Å². The Bertz CT molecular complexity index is 3500. The van der Waals surface area contributed by atoms with Gasteiger partial charge in [-0.3, -0.25) is 0 Å². The zero-order chi connectivity index (χ0) is 41.4. The second-order valence-electron chi connectivity index (χ2n) is 13.7. The molecule has 0 unspecified atom stereocenters. The Hall–Kier alpha value is -7.63. The van der Waals surface area contributed by atoms with Gasteiger partial charge in [-0.05, 0) is 82.9 Å². The van der Waals surface area contributed by atoms with Crippen LogP contribution in [0.5, 0.6) is 0 Å². The molecule has 11 rings (SSSR count). The van der Waals surface area contributed by atoms with E-state index in [1.807, 2.05) is 48.5 Å². The molecule has 5 heteroatoms. The van der Waals surface area contributed by atoms with Crippen LogP contribution in [0.1, 0.15) is 6.85 Å². The van der Waals surface area contributed by atoms with Crippen LogP contribution in [0.4, 0.5) is 0 Å². The Kier molecular flexibility index (Phi) is 6.29. The lowest BCUT2D eigenvalue weighted by Crippen LogP contribution is -2.00. The fourth-order valence-corrected chi connectivity index (χ4v) is 7.63. The van der Waals surface area contributed by atoms with E-state index in [9.17, 15) is 0 Å². The third kappa shape index (κ3) is 5.45. The highest BCUT2D eigenvalue weighted by atomic mass is 16.3.